The van der Waals surface area contributed by atoms with E-state index in [1.165, 1.54) is 35.8 Å². The van der Waals surface area contributed by atoms with Gasteiger partial charge in [0, 0.05) is 32.9 Å². The lowest BCUT2D eigenvalue weighted by atomic mass is 9.92. The molecule has 0 radical (unpaired) electrons. The van der Waals surface area contributed by atoms with Crippen LogP contribution in [-0.4, -0.2) is 109 Å². The Bertz CT molecular complexity index is 1600. The number of nitrogens with one attached hydrogen (secondary N) is 3. The Hall–Kier alpha value is -4.58. The quantitative estimate of drug-likeness (QED) is 0.0855. The Morgan fingerprint density at radius 2 is 1.58 bits per heavy atom. The lowest BCUT2D eigenvalue weighted by molar-refractivity contribution is -0.145. The van der Waals surface area contributed by atoms with Crippen LogP contribution in [0.4, 0.5) is 0 Å². The molecular weight excluding hydrogens is 705 g/mol. The first kappa shape index (κ1) is 41.8. The number of carbonyl (C=O) groups excluding carboxylic acids is 7. The predicted molar refractivity (Wildman–Crippen MR) is 182 cm³/mol. The van der Waals surface area contributed by atoms with Crippen LogP contribution in [0.25, 0.3) is 0 Å². The molecule has 1 aromatic rings. The summed E-state index contributed by atoms with van der Waals surface area (Å²) < 4.78 is 16.1. The van der Waals surface area contributed by atoms with Gasteiger partial charge in [0.15, 0.2) is 0 Å². The first-order chi connectivity index (χ1) is 24.2. The summed E-state index contributed by atoms with van der Waals surface area (Å²) in [4.78, 5) is 112. The van der Waals surface area contributed by atoms with Crippen molar-refractivity contribution < 1.29 is 57.5 Å². The summed E-state index contributed by atoms with van der Waals surface area (Å²) in [7, 11) is -4.86. The molecule has 1 saturated heterocycles. The lowest BCUT2D eigenvalue weighted by Crippen LogP contribution is -2.60. The van der Waals surface area contributed by atoms with E-state index in [0.717, 1.165) is 0 Å². The van der Waals surface area contributed by atoms with Crippen LogP contribution in [0.15, 0.2) is 18.2 Å². The summed E-state index contributed by atoms with van der Waals surface area (Å²) >= 11 is 0. The highest BCUT2D eigenvalue weighted by Crippen LogP contribution is 2.39. The van der Waals surface area contributed by atoms with Gasteiger partial charge >= 0.3 is 7.82 Å². The second-order valence-electron chi connectivity index (χ2n) is 13.5. The van der Waals surface area contributed by atoms with Crippen molar-refractivity contribution in [1.82, 2.24) is 25.8 Å². The highest BCUT2D eigenvalue weighted by molar-refractivity contribution is 7.46. The Kier molecular flexibility index (Phi) is 14.3. The van der Waals surface area contributed by atoms with E-state index in [1.807, 2.05) is 13.8 Å². The SMILES string of the molecule is CC(=O)N1Cc2ccc(OP(=O)(O)O)cc2C[C@H]1C(=O)N[C@@H](CC(C)C)C(=O)N1CCC[C@H]1C(=O)N[C@@H](CCC(N)=O)C(=O)N[C@H](C(N)=O)[C@@H](C)O. The largest absolute Gasteiger partial charge is 0.524 e. The van der Waals surface area contributed by atoms with Crippen molar-refractivity contribution in [3.8, 4) is 5.75 Å². The van der Waals surface area contributed by atoms with Crippen molar-refractivity contribution in [2.75, 3.05) is 6.54 Å². The van der Waals surface area contributed by atoms with Crippen molar-refractivity contribution >= 4 is 49.2 Å². The minimum atomic E-state index is -4.86. The predicted octanol–water partition coefficient (Wildman–Crippen LogP) is -1.95. The van der Waals surface area contributed by atoms with Gasteiger partial charge in [-0.3, -0.25) is 43.3 Å². The Morgan fingerprint density at radius 1 is 0.942 bits per heavy atom. The maximum Gasteiger partial charge on any atom is 0.524 e. The second kappa shape index (κ2) is 17.8. The third-order valence-electron chi connectivity index (χ3n) is 8.80. The van der Waals surface area contributed by atoms with Gasteiger partial charge in [0.2, 0.25) is 41.4 Å². The van der Waals surface area contributed by atoms with E-state index in [2.05, 4.69) is 16.0 Å². The zero-order chi connectivity index (χ0) is 39.1. The minimum absolute atomic E-state index is 0.0119. The summed E-state index contributed by atoms with van der Waals surface area (Å²) in [5.74, 6) is -5.34. The number of nitrogens with zero attached hydrogens (tertiary/aromatic N) is 2. The maximum absolute atomic E-state index is 14.1. The molecule has 2 aliphatic heterocycles. The number of amides is 7. The number of nitrogens with two attached hydrogens (primary N) is 2. The molecule has 0 aliphatic carbocycles. The molecule has 3 rings (SSSR count). The van der Waals surface area contributed by atoms with Gasteiger partial charge in [0.05, 0.1) is 6.10 Å². The van der Waals surface area contributed by atoms with E-state index < -0.39 is 85.5 Å². The molecule has 2 heterocycles. The van der Waals surface area contributed by atoms with E-state index in [0.29, 0.717) is 17.5 Å². The number of hydrogen-bond donors (Lipinski definition) is 8. The van der Waals surface area contributed by atoms with Gasteiger partial charge in [-0.1, -0.05) is 19.9 Å². The van der Waals surface area contributed by atoms with E-state index in [-0.39, 0.29) is 56.9 Å². The fraction of sp³-hybridized carbons (Fsp3) is 0.594. The molecule has 0 unspecified atom stereocenters. The molecule has 288 valence electrons. The molecule has 2 aliphatic rings. The molecule has 0 bridgehead atoms. The van der Waals surface area contributed by atoms with Crippen LogP contribution in [0.2, 0.25) is 0 Å². The molecule has 0 saturated carbocycles. The standard InChI is InChI=1S/C32H48N7O12P/c1-16(2)12-23(36-31(46)25-14-20-13-21(51-52(48,49)50)8-7-19(20)15-39(25)18(4)41)32(47)38-11-5-6-24(38)30(45)35-22(9-10-26(33)42)29(44)37-27(17(3)40)28(34)43/h7-8,13,16-17,22-25,27,40H,5-6,9-12,14-15H2,1-4H3,(H2,33,42)(H2,34,43)(H,35,45)(H,36,46)(H,37,44)(H2,48,49,50)/t17-,22+,23+,24+,25+,27+/m1/s1. The van der Waals surface area contributed by atoms with E-state index in [4.69, 9.17) is 16.0 Å². The molecule has 7 amide bonds. The number of rotatable bonds is 16. The van der Waals surface area contributed by atoms with E-state index in [9.17, 15) is 53.0 Å². The molecule has 10 N–H and O–H groups in total. The topological polar surface area (TPSA) is 301 Å². The number of likely N-dealkylation sites (tertiary alicyclic amines) is 1. The average Bonchev–Trinajstić information content (AvgIpc) is 3.53. The number of primary amides is 2. The van der Waals surface area contributed by atoms with Gasteiger partial charge in [0.25, 0.3) is 0 Å². The van der Waals surface area contributed by atoms with Crippen molar-refractivity contribution in [2.24, 2.45) is 17.4 Å². The molecule has 20 heteroatoms. The van der Waals surface area contributed by atoms with Crippen LogP contribution < -0.4 is 31.9 Å². The van der Waals surface area contributed by atoms with Crippen LogP contribution in [0, 0.1) is 5.92 Å². The van der Waals surface area contributed by atoms with Crippen LogP contribution in [-0.2, 0) is 51.1 Å². The van der Waals surface area contributed by atoms with Crippen molar-refractivity contribution in [2.45, 2.75) is 109 Å². The fourth-order valence-electron chi connectivity index (χ4n) is 6.29. The Balaban J connectivity index is 1.82. The Morgan fingerprint density at radius 3 is 2.13 bits per heavy atom. The molecule has 1 aromatic carbocycles. The smallest absolute Gasteiger partial charge is 0.404 e. The number of hydrogen-bond acceptors (Lipinski definition) is 10. The number of aliphatic hydroxyl groups excluding tert-OH is 1. The third kappa shape index (κ3) is 11.5. The Labute approximate surface area is 300 Å². The van der Waals surface area contributed by atoms with Crippen LogP contribution >= 0.6 is 7.82 Å². The molecule has 52 heavy (non-hydrogen) atoms. The molecular formula is C32H48N7O12P. The number of benzene rings is 1. The second-order valence-corrected chi connectivity index (χ2v) is 14.6. The van der Waals surface area contributed by atoms with Gasteiger partial charge < -0.3 is 46.8 Å². The van der Waals surface area contributed by atoms with E-state index in [1.54, 1.807) is 6.07 Å². The highest BCUT2D eigenvalue weighted by Gasteiger charge is 2.41. The number of fused-ring (bicyclic) bond motifs is 1. The van der Waals surface area contributed by atoms with Crippen molar-refractivity contribution in [3.63, 3.8) is 0 Å². The first-order valence-electron chi connectivity index (χ1n) is 16.8. The molecule has 6 atom stereocenters. The third-order valence-corrected chi connectivity index (χ3v) is 9.25. The molecule has 0 aromatic heterocycles. The molecule has 1 fully saturated rings. The van der Waals surface area contributed by atoms with Crippen molar-refractivity contribution in [1.29, 1.82) is 0 Å². The summed E-state index contributed by atoms with van der Waals surface area (Å²) in [6.45, 7) is 6.33. The van der Waals surface area contributed by atoms with Gasteiger partial charge in [0.1, 0.15) is 36.0 Å². The van der Waals surface area contributed by atoms with Gasteiger partial charge in [-0.15, -0.1) is 0 Å². The summed E-state index contributed by atoms with van der Waals surface area (Å²) in [6.07, 6.45) is -1.20. The van der Waals surface area contributed by atoms with E-state index >= 15 is 0 Å². The number of phosphoric acid groups is 1. The molecule has 0 spiro atoms. The summed E-state index contributed by atoms with van der Waals surface area (Å²) in [5, 5.41) is 17.4. The van der Waals surface area contributed by atoms with Gasteiger partial charge in [-0.25, -0.2) is 4.57 Å². The van der Waals surface area contributed by atoms with Crippen LogP contribution in [0.3, 0.4) is 0 Å². The average molecular weight is 754 g/mol. The van der Waals surface area contributed by atoms with Gasteiger partial charge in [-0.2, -0.15) is 0 Å². The summed E-state index contributed by atoms with van der Waals surface area (Å²) in [6, 6.07) is -1.90. The number of carbonyl (C=O) groups is 7. The zero-order valence-electron chi connectivity index (χ0n) is 29.4. The lowest BCUT2D eigenvalue weighted by Gasteiger charge is -2.37. The molecule has 19 nitrogen and oxygen atoms in total. The number of aliphatic hydroxyl groups is 1. The number of phosphoric ester groups is 1. The first-order valence-corrected chi connectivity index (χ1v) is 18.3. The maximum atomic E-state index is 14.1. The monoisotopic (exact) mass is 753 g/mol. The van der Waals surface area contributed by atoms with Gasteiger partial charge in [-0.05, 0) is 61.8 Å². The fourth-order valence-corrected chi connectivity index (χ4v) is 6.68. The van der Waals surface area contributed by atoms with Crippen molar-refractivity contribution in [3.05, 3.63) is 29.3 Å². The minimum Gasteiger partial charge on any atom is -0.404 e. The zero-order valence-corrected chi connectivity index (χ0v) is 30.3. The normalized spacial score (nSPS) is 19.5. The summed E-state index contributed by atoms with van der Waals surface area (Å²) in [5.41, 5.74) is 11.7. The highest BCUT2D eigenvalue weighted by atomic mass is 31.2. The van der Waals surface area contributed by atoms with Crippen LogP contribution in [0.5, 0.6) is 5.75 Å². The van der Waals surface area contributed by atoms with Crippen LogP contribution in [0.1, 0.15) is 70.9 Å².